The molecular weight excluding hydrogens is 316 g/mol. The molecule has 3 aromatic rings. The highest BCUT2D eigenvalue weighted by Gasteiger charge is 2.24. The Kier molecular flexibility index (Phi) is 4.36. The van der Waals surface area contributed by atoms with Gasteiger partial charge in [-0.25, -0.2) is 4.79 Å². The lowest BCUT2D eigenvalue weighted by molar-refractivity contribution is 0.0319. The van der Waals surface area contributed by atoms with Gasteiger partial charge in [0.1, 0.15) is 0 Å². The van der Waals surface area contributed by atoms with Gasteiger partial charge in [-0.05, 0) is 38.1 Å². The van der Waals surface area contributed by atoms with Crippen molar-refractivity contribution in [2.24, 2.45) is 0 Å². The zero-order valence-corrected chi connectivity index (χ0v) is 13.9. The van der Waals surface area contributed by atoms with E-state index in [1.54, 1.807) is 25.1 Å². The number of para-hydroxylation sites is 1. The highest BCUT2D eigenvalue weighted by molar-refractivity contribution is 6.11. The lowest BCUT2D eigenvalue weighted by Gasteiger charge is -2.12. The first kappa shape index (κ1) is 16.5. The van der Waals surface area contributed by atoms with Crippen LogP contribution in [-0.4, -0.2) is 22.8 Å². The third-order valence-electron chi connectivity index (χ3n) is 4.02. The fourth-order valence-corrected chi connectivity index (χ4v) is 2.80. The summed E-state index contributed by atoms with van der Waals surface area (Å²) in [7, 11) is 0. The summed E-state index contributed by atoms with van der Waals surface area (Å²) in [6, 6.07) is 15.7. The van der Waals surface area contributed by atoms with Crippen molar-refractivity contribution in [1.29, 1.82) is 5.26 Å². The van der Waals surface area contributed by atoms with Gasteiger partial charge in [0, 0.05) is 22.2 Å². The SMILES string of the molecule is Cc1[nH]c2ccccc2c1C(=O)[C@H](C)OC(=O)c1cccc(C#N)c1. The van der Waals surface area contributed by atoms with Gasteiger partial charge in [-0.2, -0.15) is 5.26 Å². The number of aryl methyl sites for hydroxylation is 1. The summed E-state index contributed by atoms with van der Waals surface area (Å²) < 4.78 is 5.31. The van der Waals surface area contributed by atoms with Crippen LogP contribution in [0.3, 0.4) is 0 Å². The zero-order chi connectivity index (χ0) is 18.0. The topological polar surface area (TPSA) is 83.0 Å². The quantitative estimate of drug-likeness (QED) is 0.582. The Labute approximate surface area is 144 Å². The molecule has 0 saturated heterocycles. The van der Waals surface area contributed by atoms with E-state index < -0.39 is 12.1 Å². The summed E-state index contributed by atoms with van der Waals surface area (Å²) in [4.78, 5) is 28.2. The Balaban J connectivity index is 1.84. The number of H-pyrrole nitrogens is 1. The number of aromatic amines is 1. The van der Waals surface area contributed by atoms with Crippen molar-refractivity contribution in [2.75, 3.05) is 0 Å². The molecular formula is C20H16N2O3. The molecule has 5 nitrogen and oxygen atoms in total. The van der Waals surface area contributed by atoms with E-state index in [-0.39, 0.29) is 11.3 Å². The highest BCUT2D eigenvalue weighted by Crippen LogP contribution is 2.24. The van der Waals surface area contributed by atoms with E-state index in [0.29, 0.717) is 11.1 Å². The maximum Gasteiger partial charge on any atom is 0.338 e. The minimum Gasteiger partial charge on any atom is -0.451 e. The van der Waals surface area contributed by atoms with E-state index in [9.17, 15) is 9.59 Å². The number of hydrogen-bond acceptors (Lipinski definition) is 4. The molecule has 1 heterocycles. The third-order valence-corrected chi connectivity index (χ3v) is 4.02. The Morgan fingerprint density at radius 3 is 2.68 bits per heavy atom. The summed E-state index contributed by atoms with van der Waals surface area (Å²) in [5, 5.41) is 9.72. The maximum atomic E-state index is 12.8. The fourth-order valence-electron chi connectivity index (χ4n) is 2.80. The Hall–Kier alpha value is -3.39. The van der Waals surface area contributed by atoms with Gasteiger partial charge in [0.05, 0.1) is 17.2 Å². The van der Waals surface area contributed by atoms with E-state index in [2.05, 4.69) is 4.98 Å². The summed E-state index contributed by atoms with van der Waals surface area (Å²) in [5.74, 6) is -0.893. The standard InChI is InChI=1S/C20H16N2O3/c1-12-18(16-8-3-4-9-17(16)22-12)19(23)13(2)25-20(24)15-7-5-6-14(10-15)11-21/h3-10,13,22H,1-2H3/t13-/m0/s1. The van der Waals surface area contributed by atoms with Crippen LogP contribution in [0.1, 0.15) is 38.9 Å². The molecule has 25 heavy (non-hydrogen) atoms. The predicted octanol–water partition coefficient (Wildman–Crippen LogP) is 3.78. The second kappa shape index (κ2) is 6.62. The molecule has 1 N–H and O–H groups in total. The number of hydrogen-bond donors (Lipinski definition) is 1. The number of ether oxygens (including phenoxy) is 1. The largest absolute Gasteiger partial charge is 0.451 e. The molecule has 0 spiro atoms. The minimum absolute atomic E-state index is 0.245. The van der Waals surface area contributed by atoms with E-state index in [1.165, 1.54) is 6.07 Å². The molecule has 5 heteroatoms. The lowest BCUT2D eigenvalue weighted by Crippen LogP contribution is -2.25. The van der Waals surface area contributed by atoms with Crippen LogP contribution in [0.2, 0.25) is 0 Å². The second-order valence-electron chi connectivity index (χ2n) is 5.77. The lowest BCUT2D eigenvalue weighted by atomic mass is 10.0. The molecule has 0 unspecified atom stereocenters. The number of ketones is 1. The van der Waals surface area contributed by atoms with Crippen molar-refractivity contribution in [3.05, 3.63) is 70.9 Å². The number of nitrogens with zero attached hydrogens (tertiary/aromatic N) is 1. The van der Waals surface area contributed by atoms with Crippen LogP contribution >= 0.6 is 0 Å². The molecule has 0 saturated carbocycles. The van der Waals surface area contributed by atoms with Crippen LogP contribution in [-0.2, 0) is 4.74 Å². The minimum atomic E-state index is -0.934. The smallest absolute Gasteiger partial charge is 0.338 e. The number of rotatable bonds is 4. The van der Waals surface area contributed by atoms with Gasteiger partial charge in [-0.15, -0.1) is 0 Å². The van der Waals surface area contributed by atoms with E-state index in [1.807, 2.05) is 37.3 Å². The summed E-state index contributed by atoms with van der Waals surface area (Å²) in [5.41, 5.74) is 2.74. The van der Waals surface area contributed by atoms with E-state index in [4.69, 9.17) is 10.00 Å². The molecule has 0 fully saturated rings. The van der Waals surface area contributed by atoms with Gasteiger partial charge in [-0.3, -0.25) is 4.79 Å². The van der Waals surface area contributed by atoms with Crippen molar-refractivity contribution in [2.45, 2.75) is 20.0 Å². The monoisotopic (exact) mass is 332 g/mol. The van der Waals surface area contributed by atoms with Crippen molar-refractivity contribution in [3.63, 3.8) is 0 Å². The summed E-state index contributed by atoms with van der Waals surface area (Å²) in [6.07, 6.45) is -0.934. The molecule has 0 radical (unpaired) electrons. The number of nitriles is 1. The average molecular weight is 332 g/mol. The number of nitrogens with one attached hydrogen (secondary N) is 1. The highest BCUT2D eigenvalue weighted by atomic mass is 16.5. The van der Waals surface area contributed by atoms with Crippen LogP contribution in [0.25, 0.3) is 10.9 Å². The zero-order valence-electron chi connectivity index (χ0n) is 13.9. The average Bonchev–Trinajstić information content (AvgIpc) is 2.96. The third kappa shape index (κ3) is 3.15. The number of carbonyl (C=O) groups excluding carboxylic acids is 2. The first-order chi connectivity index (χ1) is 12.0. The van der Waals surface area contributed by atoms with Crippen LogP contribution in [0.15, 0.2) is 48.5 Å². The van der Waals surface area contributed by atoms with Gasteiger partial charge >= 0.3 is 5.97 Å². The van der Waals surface area contributed by atoms with Crippen LogP contribution in [0.4, 0.5) is 0 Å². The normalized spacial score (nSPS) is 11.7. The predicted molar refractivity (Wildman–Crippen MR) is 93.4 cm³/mol. The Morgan fingerprint density at radius 2 is 1.92 bits per heavy atom. The van der Waals surface area contributed by atoms with Gasteiger partial charge in [0.2, 0.25) is 5.78 Å². The summed E-state index contributed by atoms with van der Waals surface area (Å²) >= 11 is 0. The number of esters is 1. The molecule has 0 aliphatic carbocycles. The van der Waals surface area contributed by atoms with Crippen LogP contribution < -0.4 is 0 Å². The molecule has 0 aliphatic rings. The first-order valence-electron chi connectivity index (χ1n) is 7.84. The Morgan fingerprint density at radius 1 is 1.16 bits per heavy atom. The number of carbonyl (C=O) groups is 2. The van der Waals surface area contributed by atoms with E-state index in [0.717, 1.165) is 16.6 Å². The molecule has 1 aromatic heterocycles. The van der Waals surface area contributed by atoms with Crippen molar-refractivity contribution >= 4 is 22.7 Å². The molecule has 3 rings (SSSR count). The van der Waals surface area contributed by atoms with Crippen LogP contribution in [0, 0.1) is 18.3 Å². The molecule has 0 aliphatic heterocycles. The van der Waals surface area contributed by atoms with E-state index >= 15 is 0 Å². The number of fused-ring (bicyclic) bond motifs is 1. The maximum absolute atomic E-state index is 12.8. The molecule has 2 aromatic carbocycles. The van der Waals surface area contributed by atoms with Gasteiger partial charge < -0.3 is 9.72 Å². The van der Waals surface area contributed by atoms with Gasteiger partial charge in [0.15, 0.2) is 6.10 Å². The fraction of sp³-hybridized carbons (Fsp3) is 0.150. The van der Waals surface area contributed by atoms with Crippen LogP contribution in [0.5, 0.6) is 0 Å². The Bertz CT molecular complexity index is 1010. The number of benzene rings is 2. The van der Waals surface area contributed by atoms with Crippen molar-refractivity contribution in [3.8, 4) is 6.07 Å². The summed E-state index contributed by atoms with van der Waals surface area (Å²) in [6.45, 7) is 3.37. The molecule has 124 valence electrons. The molecule has 1 atom stereocenters. The van der Waals surface area contributed by atoms with Crippen molar-refractivity contribution in [1.82, 2.24) is 4.98 Å². The number of aromatic nitrogens is 1. The first-order valence-corrected chi connectivity index (χ1v) is 7.84. The van der Waals surface area contributed by atoms with Gasteiger partial charge in [-0.1, -0.05) is 24.3 Å². The molecule has 0 amide bonds. The van der Waals surface area contributed by atoms with Gasteiger partial charge in [0.25, 0.3) is 0 Å². The molecule has 0 bridgehead atoms. The van der Waals surface area contributed by atoms with Crippen molar-refractivity contribution < 1.29 is 14.3 Å². The second-order valence-corrected chi connectivity index (χ2v) is 5.77. The number of Topliss-reactive ketones (excluding diaryl/α,β-unsaturated/α-hetero) is 1.